The smallest absolute Gasteiger partial charge is 0.252 e. The second-order valence-electron chi connectivity index (χ2n) is 3.88. The average Bonchev–Trinajstić information content (AvgIpc) is 2.32. The number of aromatic nitrogens is 1. The van der Waals surface area contributed by atoms with Gasteiger partial charge in [0.05, 0.1) is 5.02 Å². The summed E-state index contributed by atoms with van der Waals surface area (Å²) < 4.78 is 0. The van der Waals surface area contributed by atoms with Crippen LogP contribution in [0.15, 0.2) is 35.1 Å². The standard InChI is InChI=1S/C13H12Cl2N2O/c1-16-7-8-2-5-12(17-13(8)18)10-4-3-9(14)6-11(10)15/h2-6,16H,7H2,1H3,(H,17,18). The second-order valence-corrected chi connectivity index (χ2v) is 4.72. The molecule has 0 fully saturated rings. The third-order valence-corrected chi connectivity index (χ3v) is 3.13. The summed E-state index contributed by atoms with van der Waals surface area (Å²) >= 11 is 11.9. The van der Waals surface area contributed by atoms with Crippen molar-refractivity contribution < 1.29 is 0 Å². The molecule has 1 aromatic heterocycles. The molecule has 2 aromatic rings. The number of benzene rings is 1. The van der Waals surface area contributed by atoms with Crippen molar-refractivity contribution in [1.29, 1.82) is 0 Å². The maximum Gasteiger partial charge on any atom is 0.252 e. The van der Waals surface area contributed by atoms with Crippen LogP contribution in [0.5, 0.6) is 0 Å². The number of halogens is 2. The van der Waals surface area contributed by atoms with E-state index in [0.717, 1.165) is 5.56 Å². The minimum atomic E-state index is -0.118. The monoisotopic (exact) mass is 282 g/mol. The van der Waals surface area contributed by atoms with Crippen molar-refractivity contribution in [1.82, 2.24) is 10.3 Å². The predicted octanol–water partition coefficient (Wildman–Crippen LogP) is 3.07. The first-order valence-electron chi connectivity index (χ1n) is 5.44. The van der Waals surface area contributed by atoms with E-state index >= 15 is 0 Å². The van der Waals surface area contributed by atoms with Gasteiger partial charge < -0.3 is 10.3 Å². The number of H-pyrrole nitrogens is 1. The molecule has 2 N–H and O–H groups in total. The van der Waals surface area contributed by atoms with E-state index in [1.807, 2.05) is 6.07 Å². The zero-order chi connectivity index (χ0) is 13.1. The van der Waals surface area contributed by atoms with Crippen molar-refractivity contribution in [3.63, 3.8) is 0 Å². The molecule has 0 unspecified atom stereocenters. The highest BCUT2D eigenvalue weighted by molar-refractivity contribution is 6.36. The molecule has 1 aromatic carbocycles. The van der Waals surface area contributed by atoms with Gasteiger partial charge >= 0.3 is 0 Å². The van der Waals surface area contributed by atoms with E-state index in [-0.39, 0.29) is 5.56 Å². The molecule has 0 aliphatic rings. The van der Waals surface area contributed by atoms with Crippen LogP contribution in [-0.2, 0) is 6.54 Å². The number of hydrogen-bond donors (Lipinski definition) is 2. The molecule has 0 amide bonds. The molecule has 2 rings (SSSR count). The van der Waals surface area contributed by atoms with Gasteiger partial charge in [0.2, 0.25) is 0 Å². The fourth-order valence-corrected chi connectivity index (χ4v) is 2.21. The third-order valence-electron chi connectivity index (χ3n) is 2.58. The molecule has 0 atom stereocenters. The average molecular weight is 283 g/mol. The maximum absolute atomic E-state index is 11.8. The van der Waals surface area contributed by atoms with Gasteiger partial charge in [-0.05, 0) is 31.3 Å². The molecule has 1 heterocycles. The summed E-state index contributed by atoms with van der Waals surface area (Å²) in [5.41, 5.74) is 2.01. The molecule has 94 valence electrons. The molecule has 0 radical (unpaired) electrons. The number of hydrogen-bond acceptors (Lipinski definition) is 2. The summed E-state index contributed by atoms with van der Waals surface area (Å²) in [7, 11) is 1.80. The minimum absolute atomic E-state index is 0.118. The van der Waals surface area contributed by atoms with Gasteiger partial charge in [0.1, 0.15) is 0 Å². The van der Waals surface area contributed by atoms with E-state index in [1.165, 1.54) is 0 Å². The lowest BCUT2D eigenvalue weighted by Gasteiger charge is -2.06. The fourth-order valence-electron chi connectivity index (χ4n) is 1.70. The van der Waals surface area contributed by atoms with Crippen LogP contribution in [-0.4, -0.2) is 12.0 Å². The Labute approximate surface area is 115 Å². The normalized spacial score (nSPS) is 10.6. The first kappa shape index (κ1) is 13.1. The Bertz CT molecular complexity index is 623. The van der Waals surface area contributed by atoms with Gasteiger partial charge in [-0.15, -0.1) is 0 Å². The van der Waals surface area contributed by atoms with Crippen LogP contribution < -0.4 is 10.9 Å². The molecule has 0 bridgehead atoms. The van der Waals surface area contributed by atoms with Gasteiger partial charge in [0.25, 0.3) is 5.56 Å². The molecule has 0 saturated carbocycles. The Morgan fingerprint density at radius 1 is 1.22 bits per heavy atom. The van der Waals surface area contributed by atoms with E-state index in [2.05, 4.69) is 10.3 Å². The van der Waals surface area contributed by atoms with E-state index in [9.17, 15) is 4.79 Å². The van der Waals surface area contributed by atoms with Crippen LogP contribution in [0.2, 0.25) is 10.0 Å². The van der Waals surface area contributed by atoms with Gasteiger partial charge in [-0.2, -0.15) is 0 Å². The predicted molar refractivity (Wildman–Crippen MR) is 75.3 cm³/mol. The van der Waals surface area contributed by atoms with Crippen LogP contribution >= 0.6 is 23.2 Å². The van der Waals surface area contributed by atoms with Crippen LogP contribution in [0.25, 0.3) is 11.3 Å². The molecule has 3 nitrogen and oxygen atoms in total. The number of rotatable bonds is 3. The zero-order valence-electron chi connectivity index (χ0n) is 9.76. The number of nitrogens with one attached hydrogen (secondary N) is 2. The zero-order valence-corrected chi connectivity index (χ0v) is 11.3. The lowest BCUT2D eigenvalue weighted by Crippen LogP contribution is -2.18. The molecule has 0 aliphatic carbocycles. The van der Waals surface area contributed by atoms with Gasteiger partial charge in [-0.25, -0.2) is 0 Å². The Balaban J connectivity index is 2.46. The highest BCUT2D eigenvalue weighted by Crippen LogP contribution is 2.28. The largest absolute Gasteiger partial charge is 0.322 e. The first-order chi connectivity index (χ1) is 8.61. The van der Waals surface area contributed by atoms with Crippen molar-refractivity contribution in [3.8, 4) is 11.3 Å². The summed E-state index contributed by atoms with van der Waals surface area (Å²) in [6.07, 6.45) is 0. The molecular formula is C13H12Cl2N2O. The lowest BCUT2D eigenvalue weighted by atomic mass is 10.1. The lowest BCUT2D eigenvalue weighted by molar-refractivity contribution is 0.805. The van der Waals surface area contributed by atoms with Crippen LogP contribution in [0.1, 0.15) is 5.56 Å². The summed E-state index contributed by atoms with van der Waals surface area (Å²) in [6.45, 7) is 0.532. The van der Waals surface area contributed by atoms with E-state index < -0.39 is 0 Å². The van der Waals surface area contributed by atoms with Gasteiger partial charge in [-0.3, -0.25) is 4.79 Å². The van der Waals surface area contributed by atoms with Crippen molar-refractivity contribution in [2.75, 3.05) is 7.05 Å². The summed E-state index contributed by atoms with van der Waals surface area (Å²) in [5.74, 6) is 0. The molecule has 18 heavy (non-hydrogen) atoms. The Morgan fingerprint density at radius 2 is 2.00 bits per heavy atom. The van der Waals surface area contributed by atoms with Gasteiger partial charge in [-0.1, -0.05) is 29.3 Å². The number of pyridine rings is 1. The summed E-state index contributed by atoms with van der Waals surface area (Å²) in [4.78, 5) is 14.6. The molecule has 0 saturated heterocycles. The highest BCUT2D eigenvalue weighted by atomic mass is 35.5. The first-order valence-corrected chi connectivity index (χ1v) is 6.19. The Kier molecular flexibility index (Phi) is 4.07. The molecule has 0 spiro atoms. The Hall–Kier alpha value is -1.29. The minimum Gasteiger partial charge on any atom is -0.322 e. The quantitative estimate of drug-likeness (QED) is 0.909. The second kappa shape index (κ2) is 5.57. The van der Waals surface area contributed by atoms with Crippen molar-refractivity contribution in [3.05, 3.63) is 56.3 Å². The molecule has 5 heteroatoms. The SMILES string of the molecule is CNCc1ccc(-c2ccc(Cl)cc2Cl)[nH]c1=O. The number of aromatic amines is 1. The summed E-state index contributed by atoms with van der Waals surface area (Å²) in [5, 5.41) is 4.02. The van der Waals surface area contributed by atoms with E-state index in [0.29, 0.717) is 27.8 Å². The van der Waals surface area contributed by atoms with Gasteiger partial charge in [0.15, 0.2) is 0 Å². The summed E-state index contributed by atoms with van der Waals surface area (Å²) in [6, 6.07) is 8.80. The molecular weight excluding hydrogens is 271 g/mol. The van der Waals surface area contributed by atoms with Crippen LogP contribution in [0, 0.1) is 0 Å². The third kappa shape index (κ3) is 2.75. The highest BCUT2D eigenvalue weighted by Gasteiger charge is 2.06. The molecule has 0 aliphatic heterocycles. The van der Waals surface area contributed by atoms with Crippen molar-refractivity contribution in [2.24, 2.45) is 0 Å². The van der Waals surface area contributed by atoms with Crippen molar-refractivity contribution >= 4 is 23.2 Å². The van der Waals surface area contributed by atoms with Gasteiger partial charge in [0, 0.05) is 28.4 Å². The van der Waals surface area contributed by atoms with E-state index in [1.54, 1.807) is 31.3 Å². The maximum atomic E-state index is 11.8. The Morgan fingerprint density at radius 3 is 2.61 bits per heavy atom. The van der Waals surface area contributed by atoms with Crippen LogP contribution in [0.4, 0.5) is 0 Å². The van der Waals surface area contributed by atoms with E-state index in [4.69, 9.17) is 23.2 Å². The van der Waals surface area contributed by atoms with Crippen LogP contribution in [0.3, 0.4) is 0 Å². The van der Waals surface area contributed by atoms with Crippen molar-refractivity contribution in [2.45, 2.75) is 6.54 Å². The fraction of sp³-hybridized carbons (Fsp3) is 0.154. The topological polar surface area (TPSA) is 44.9 Å².